The summed E-state index contributed by atoms with van der Waals surface area (Å²) in [4.78, 5) is 17.7. The first-order valence-corrected chi connectivity index (χ1v) is 12.6. The van der Waals surface area contributed by atoms with Crippen molar-refractivity contribution >= 4 is 54.8 Å². The molecule has 7 nitrogen and oxygen atoms in total. The predicted molar refractivity (Wildman–Crippen MR) is 131 cm³/mol. The van der Waals surface area contributed by atoms with E-state index in [2.05, 4.69) is 9.71 Å². The molecule has 0 saturated carbocycles. The summed E-state index contributed by atoms with van der Waals surface area (Å²) in [5, 5.41) is 0.436. The predicted octanol–water partition coefficient (Wildman–Crippen LogP) is 4.83. The third kappa shape index (κ3) is 4.95. The molecule has 0 aliphatic rings. The molecule has 33 heavy (non-hydrogen) atoms. The summed E-state index contributed by atoms with van der Waals surface area (Å²) in [5.41, 5.74) is 1.37. The second-order valence-electron chi connectivity index (χ2n) is 7.04. The number of halogens is 1. The molecule has 0 bridgehead atoms. The third-order valence-corrected chi connectivity index (χ3v) is 7.51. The molecule has 4 aromatic rings. The maximum atomic E-state index is 12.9. The van der Waals surface area contributed by atoms with Gasteiger partial charge in [0.1, 0.15) is 11.3 Å². The number of ether oxygens (including phenoxy) is 1. The van der Waals surface area contributed by atoms with Gasteiger partial charge in [-0.25, -0.2) is 8.42 Å². The summed E-state index contributed by atoms with van der Waals surface area (Å²) in [6.07, 6.45) is 0. The van der Waals surface area contributed by atoms with E-state index in [0.717, 1.165) is 16.0 Å². The highest BCUT2D eigenvalue weighted by molar-refractivity contribution is 7.92. The highest BCUT2D eigenvalue weighted by Gasteiger charge is 2.16. The van der Waals surface area contributed by atoms with E-state index in [-0.39, 0.29) is 16.1 Å². The number of nitrogens with zero attached hydrogens (tertiary/aromatic N) is 2. The van der Waals surface area contributed by atoms with Gasteiger partial charge in [-0.15, -0.1) is 0 Å². The number of aryl methyl sites for hydroxylation is 1. The number of benzene rings is 3. The lowest BCUT2D eigenvalue weighted by Crippen LogP contribution is -2.15. The smallest absolute Gasteiger partial charge is 0.279 e. The van der Waals surface area contributed by atoms with Crippen molar-refractivity contribution in [2.24, 2.45) is 12.0 Å². The average Bonchev–Trinajstić information content (AvgIpc) is 3.10. The minimum atomic E-state index is -3.83. The minimum Gasteiger partial charge on any atom is -0.492 e. The van der Waals surface area contributed by atoms with Crippen molar-refractivity contribution < 1.29 is 17.9 Å². The van der Waals surface area contributed by atoms with Gasteiger partial charge >= 0.3 is 0 Å². The normalized spacial score (nSPS) is 12.2. The second kappa shape index (κ2) is 9.38. The Labute approximate surface area is 200 Å². The van der Waals surface area contributed by atoms with Gasteiger partial charge in [-0.05, 0) is 61.5 Å². The molecular weight excluding hydrogens is 482 g/mol. The average molecular weight is 502 g/mol. The Morgan fingerprint density at radius 3 is 2.58 bits per heavy atom. The van der Waals surface area contributed by atoms with E-state index in [1.54, 1.807) is 18.2 Å². The van der Waals surface area contributed by atoms with Gasteiger partial charge in [-0.3, -0.25) is 9.52 Å². The lowest BCUT2D eigenvalue weighted by molar-refractivity contribution is 0.0998. The molecule has 10 heteroatoms. The largest absolute Gasteiger partial charge is 0.492 e. The maximum absolute atomic E-state index is 12.9. The highest BCUT2D eigenvalue weighted by Crippen LogP contribution is 2.27. The quantitative estimate of drug-likeness (QED) is 0.409. The van der Waals surface area contributed by atoms with Gasteiger partial charge in [-0.1, -0.05) is 35.1 Å². The third-order valence-electron chi connectivity index (χ3n) is 4.77. The summed E-state index contributed by atoms with van der Waals surface area (Å²) < 4.78 is 36.2. The SMILES string of the molecule is CCOc1cccc2sc(=NC(=O)c3cccc(NS(=O)(=O)c4ccc(Cl)cc4)c3)n(C)c12. The number of rotatable bonds is 6. The summed E-state index contributed by atoms with van der Waals surface area (Å²) >= 11 is 7.21. The van der Waals surface area contributed by atoms with Crippen molar-refractivity contribution in [3.05, 3.63) is 82.1 Å². The highest BCUT2D eigenvalue weighted by atomic mass is 35.5. The van der Waals surface area contributed by atoms with Gasteiger partial charge in [0.25, 0.3) is 15.9 Å². The summed E-state index contributed by atoms with van der Waals surface area (Å²) in [6.45, 7) is 2.44. The molecule has 1 heterocycles. The minimum absolute atomic E-state index is 0.0655. The van der Waals surface area contributed by atoms with Crippen LogP contribution < -0.4 is 14.3 Å². The van der Waals surface area contributed by atoms with E-state index in [0.29, 0.717) is 16.4 Å². The summed E-state index contributed by atoms with van der Waals surface area (Å²) in [5.74, 6) is 0.240. The second-order valence-corrected chi connectivity index (χ2v) is 10.2. The zero-order valence-corrected chi connectivity index (χ0v) is 20.2. The zero-order chi connectivity index (χ0) is 23.6. The lowest BCUT2D eigenvalue weighted by Gasteiger charge is -2.09. The summed E-state index contributed by atoms with van der Waals surface area (Å²) in [6, 6.07) is 17.7. The van der Waals surface area contributed by atoms with Crippen LogP contribution in [0.3, 0.4) is 0 Å². The van der Waals surface area contributed by atoms with Crippen LogP contribution in [0.15, 0.2) is 76.6 Å². The first kappa shape index (κ1) is 23.0. The molecule has 0 radical (unpaired) electrons. The molecule has 0 aliphatic heterocycles. The molecular formula is C23H20ClN3O4S2. The van der Waals surface area contributed by atoms with Crippen LogP contribution in [0.2, 0.25) is 5.02 Å². The van der Waals surface area contributed by atoms with Crippen molar-refractivity contribution in [2.75, 3.05) is 11.3 Å². The van der Waals surface area contributed by atoms with E-state index in [9.17, 15) is 13.2 Å². The first-order chi connectivity index (χ1) is 15.8. The number of carbonyl (C=O) groups excluding carboxylic acids is 1. The van der Waals surface area contributed by atoms with Crippen molar-refractivity contribution in [1.29, 1.82) is 0 Å². The van der Waals surface area contributed by atoms with Crippen molar-refractivity contribution in [2.45, 2.75) is 11.8 Å². The van der Waals surface area contributed by atoms with Gasteiger partial charge in [0.2, 0.25) is 0 Å². The van der Waals surface area contributed by atoms with Crippen LogP contribution in [0.1, 0.15) is 17.3 Å². The van der Waals surface area contributed by atoms with E-state index in [1.807, 2.05) is 36.7 Å². The van der Waals surface area contributed by atoms with E-state index in [1.165, 1.54) is 41.7 Å². The Kier molecular flexibility index (Phi) is 6.55. The molecule has 3 aromatic carbocycles. The topological polar surface area (TPSA) is 89.8 Å². The van der Waals surface area contributed by atoms with Crippen LogP contribution in [0.5, 0.6) is 5.75 Å². The molecule has 1 N–H and O–H groups in total. The number of carbonyl (C=O) groups is 1. The van der Waals surface area contributed by atoms with Crippen LogP contribution in [0.25, 0.3) is 10.2 Å². The van der Waals surface area contributed by atoms with Crippen LogP contribution >= 0.6 is 22.9 Å². The fourth-order valence-corrected chi connectivity index (χ4v) is 5.45. The number of amides is 1. The van der Waals surface area contributed by atoms with Crippen molar-refractivity contribution in [3.63, 3.8) is 0 Å². The maximum Gasteiger partial charge on any atom is 0.279 e. The molecule has 0 fully saturated rings. The molecule has 170 valence electrons. The Morgan fingerprint density at radius 2 is 1.85 bits per heavy atom. The number of nitrogens with one attached hydrogen (secondary N) is 1. The number of sulfonamides is 1. The molecule has 1 aromatic heterocycles. The Bertz CT molecular complexity index is 1510. The van der Waals surface area contributed by atoms with E-state index >= 15 is 0 Å². The standard InChI is InChI=1S/C23H20ClN3O4S2/c1-3-31-19-8-5-9-20-21(19)27(2)23(32-20)25-22(28)15-6-4-7-17(14-15)26-33(29,30)18-12-10-16(24)11-13-18/h4-14,26H,3H2,1-2H3. The molecule has 0 saturated heterocycles. The van der Waals surface area contributed by atoms with E-state index in [4.69, 9.17) is 16.3 Å². The molecule has 4 rings (SSSR count). The van der Waals surface area contributed by atoms with Crippen molar-refractivity contribution in [3.8, 4) is 5.75 Å². The van der Waals surface area contributed by atoms with Crippen LogP contribution in [0, 0.1) is 0 Å². The Morgan fingerprint density at radius 1 is 1.12 bits per heavy atom. The fourth-order valence-electron chi connectivity index (χ4n) is 3.24. The fraction of sp³-hybridized carbons (Fsp3) is 0.130. The first-order valence-electron chi connectivity index (χ1n) is 9.97. The van der Waals surface area contributed by atoms with Gasteiger partial charge in [-0.2, -0.15) is 4.99 Å². The summed E-state index contributed by atoms with van der Waals surface area (Å²) in [7, 11) is -2.01. The Hall–Kier alpha value is -3.14. The molecule has 1 amide bonds. The molecule has 0 aliphatic carbocycles. The number of para-hydroxylation sites is 1. The number of aromatic nitrogens is 1. The number of hydrogen-bond donors (Lipinski definition) is 1. The van der Waals surface area contributed by atoms with Gasteiger partial charge in [0.05, 0.1) is 16.2 Å². The molecule has 0 spiro atoms. The van der Waals surface area contributed by atoms with Crippen molar-refractivity contribution in [1.82, 2.24) is 4.57 Å². The molecule has 0 unspecified atom stereocenters. The zero-order valence-electron chi connectivity index (χ0n) is 17.8. The number of hydrogen-bond acceptors (Lipinski definition) is 5. The monoisotopic (exact) mass is 501 g/mol. The van der Waals surface area contributed by atoms with Crippen LogP contribution in [0.4, 0.5) is 5.69 Å². The van der Waals surface area contributed by atoms with Gasteiger partial charge < -0.3 is 9.30 Å². The van der Waals surface area contributed by atoms with Gasteiger partial charge in [0.15, 0.2) is 4.80 Å². The van der Waals surface area contributed by atoms with E-state index < -0.39 is 15.9 Å². The molecule has 0 atom stereocenters. The number of thiazole rings is 1. The lowest BCUT2D eigenvalue weighted by atomic mass is 10.2. The number of fused-ring (bicyclic) bond motifs is 1. The Balaban J connectivity index is 1.65. The number of anilines is 1. The van der Waals surface area contributed by atoms with Crippen LogP contribution in [-0.2, 0) is 17.1 Å². The van der Waals surface area contributed by atoms with Crippen LogP contribution in [-0.4, -0.2) is 25.5 Å². The van der Waals surface area contributed by atoms with Gasteiger partial charge in [0, 0.05) is 23.3 Å².